The van der Waals surface area contributed by atoms with Crippen molar-refractivity contribution >= 4 is 15.9 Å². The fourth-order valence-corrected chi connectivity index (χ4v) is 2.60. The van der Waals surface area contributed by atoms with Gasteiger partial charge in [0.05, 0.1) is 11.7 Å². The molecular formula is C16H19BrN2. The number of benzene rings is 1. The van der Waals surface area contributed by atoms with E-state index in [1.807, 2.05) is 18.3 Å². The van der Waals surface area contributed by atoms with Crippen LogP contribution in [0.5, 0.6) is 0 Å². The number of rotatable bonds is 5. The van der Waals surface area contributed by atoms with Crippen molar-refractivity contribution in [1.29, 1.82) is 0 Å². The van der Waals surface area contributed by atoms with E-state index in [4.69, 9.17) is 0 Å². The topological polar surface area (TPSA) is 24.9 Å². The van der Waals surface area contributed by atoms with Crippen LogP contribution in [-0.2, 0) is 0 Å². The standard InChI is InChI=1S/C16H19BrN2/c1-3-9-18-15(13-7-4-6-12(2)11-13)16-14(17)8-5-10-19-16/h4-8,10-11,15,18H,3,9H2,1-2H3. The van der Waals surface area contributed by atoms with E-state index in [0.29, 0.717) is 0 Å². The average Bonchev–Trinajstić information content (AvgIpc) is 2.41. The van der Waals surface area contributed by atoms with E-state index >= 15 is 0 Å². The SMILES string of the molecule is CCCNC(c1cccc(C)c1)c1ncccc1Br. The van der Waals surface area contributed by atoms with Gasteiger partial charge in [-0.3, -0.25) is 4.98 Å². The Labute approximate surface area is 123 Å². The van der Waals surface area contributed by atoms with Gasteiger partial charge in [0.15, 0.2) is 0 Å². The van der Waals surface area contributed by atoms with Crippen molar-refractivity contribution in [1.82, 2.24) is 10.3 Å². The van der Waals surface area contributed by atoms with Gasteiger partial charge < -0.3 is 5.32 Å². The Morgan fingerprint density at radius 3 is 2.79 bits per heavy atom. The summed E-state index contributed by atoms with van der Waals surface area (Å²) in [5.41, 5.74) is 3.57. The smallest absolute Gasteiger partial charge is 0.0763 e. The van der Waals surface area contributed by atoms with Crippen LogP contribution in [-0.4, -0.2) is 11.5 Å². The number of nitrogens with one attached hydrogen (secondary N) is 1. The van der Waals surface area contributed by atoms with Gasteiger partial charge in [0.1, 0.15) is 0 Å². The third-order valence-corrected chi connectivity index (χ3v) is 3.70. The molecule has 1 aromatic heterocycles. The third-order valence-electron chi connectivity index (χ3n) is 3.03. The highest BCUT2D eigenvalue weighted by atomic mass is 79.9. The van der Waals surface area contributed by atoms with Crippen LogP contribution in [0.4, 0.5) is 0 Å². The minimum absolute atomic E-state index is 0.135. The van der Waals surface area contributed by atoms with Crippen LogP contribution >= 0.6 is 15.9 Å². The summed E-state index contributed by atoms with van der Waals surface area (Å²) in [6.45, 7) is 5.27. The quantitative estimate of drug-likeness (QED) is 0.891. The summed E-state index contributed by atoms with van der Waals surface area (Å²) in [7, 11) is 0. The van der Waals surface area contributed by atoms with Gasteiger partial charge in [0, 0.05) is 10.7 Å². The molecule has 0 saturated heterocycles. The van der Waals surface area contributed by atoms with Crippen LogP contribution in [0.3, 0.4) is 0 Å². The Kier molecular flexibility index (Phi) is 5.11. The molecule has 19 heavy (non-hydrogen) atoms. The second-order valence-corrected chi connectivity index (χ2v) is 5.53. The minimum Gasteiger partial charge on any atom is -0.305 e. The lowest BCUT2D eigenvalue weighted by atomic mass is 10.0. The summed E-state index contributed by atoms with van der Waals surface area (Å²) >= 11 is 3.60. The molecule has 2 aromatic rings. The fraction of sp³-hybridized carbons (Fsp3) is 0.312. The van der Waals surface area contributed by atoms with Crippen molar-refractivity contribution in [3.63, 3.8) is 0 Å². The molecule has 0 bridgehead atoms. The average molecular weight is 319 g/mol. The van der Waals surface area contributed by atoms with E-state index in [0.717, 1.165) is 23.1 Å². The molecule has 0 aliphatic carbocycles. The Hall–Kier alpha value is -1.19. The number of hydrogen-bond donors (Lipinski definition) is 1. The summed E-state index contributed by atoms with van der Waals surface area (Å²) in [6, 6.07) is 12.7. The molecule has 0 aliphatic heterocycles. The molecule has 0 fully saturated rings. The monoisotopic (exact) mass is 318 g/mol. The Morgan fingerprint density at radius 2 is 2.11 bits per heavy atom. The van der Waals surface area contributed by atoms with Crippen molar-refractivity contribution in [3.05, 3.63) is 63.9 Å². The van der Waals surface area contributed by atoms with Gasteiger partial charge in [-0.2, -0.15) is 0 Å². The molecule has 0 amide bonds. The van der Waals surface area contributed by atoms with Gasteiger partial charge in [-0.05, 0) is 53.5 Å². The summed E-state index contributed by atoms with van der Waals surface area (Å²) in [5.74, 6) is 0. The van der Waals surface area contributed by atoms with Crippen LogP contribution in [0.2, 0.25) is 0 Å². The highest BCUT2D eigenvalue weighted by Gasteiger charge is 2.17. The molecule has 2 rings (SSSR count). The number of aryl methyl sites for hydroxylation is 1. The first-order valence-electron chi connectivity index (χ1n) is 6.62. The zero-order valence-corrected chi connectivity index (χ0v) is 12.9. The predicted octanol–water partition coefficient (Wildman–Crippen LogP) is 4.24. The zero-order valence-electron chi connectivity index (χ0n) is 11.4. The Bertz CT molecular complexity index is 540. The maximum Gasteiger partial charge on any atom is 0.0763 e. The number of pyridine rings is 1. The molecule has 0 radical (unpaired) electrons. The molecule has 2 nitrogen and oxygen atoms in total. The summed E-state index contributed by atoms with van der Waals surface area (Å²) in [4.78, 5) is 4.53. The second-order valence-electron chi connectivity index (χ2n) is 4.67. The van der Waals surface area contributed by atoms with Gasteiger partial charge in [0.25, 0.3) is 0 Å². The molecule has 0 aliphatic rings. The molecule has 0 spiro atoms. The van der Waals surface area contributed by atoms with Crippen LogP contribution in [0.15, 0.2) is 47.1 Å². The molecule has 1 heterocycles. The van der Waals surface area contributed by atoms with E-state index in [-0.39, 0.29) is 6.04 Å². The molecule has 100 valence electrons. The van der Waals surface area contributed by atoms with E-state index in [2.05, 4.69) is 64.3 Å². The summed E-state index contributed by atoms with van der Waals surface area (Å²) < 4.78 is 1.05. The highest BCUT2D eigenvalue weighted by molar-refractivity contribution is 9.10. The van der Waals surface area contributed by atoms with Crippen LogP contribution in [0.1, 0.15) is 36.2 Å². The number of halogens is 1. The Morgan fingerprint density at radius 1 is 1.26 bits per heavy atom. The van der Waals surface area contributed by atoms with Crippen molar-refractivity contribution in [3.8, 4) is 0 Å². The first-order valence-corrected chi connectivity index (χ1v) is 7.42. The molecule has 1 N–H and O–H groups in total. The van der Waals surface area contributed by atoms with Crippen LogP contribution in [0, 0.1) is 6.92 Å². The first kappa shape index (κ1) is 14.2. The zero-order chi connectivity index (χ0) is 13.7. The van der Waals surface area contributed by atoms with E-state index in [1.54, 1.807) is 0 Å². The summed E-state index contributed by atoms with van der Waals surface area (Å²) in [6.07, 6.45) is 2.95. The van der Waals surface area contributed by atoms with Gasteiger partial charge >= 0.3 is 0 Å². The van der Waals surface area contributed by atoms with Crippen molar-refractivity contribution < 1.29 is 0 Å². The highest BCUT2D eigenvalue weighted by Crippen LogP contribution is 2.27. The third kappa shape index (κ3) is 3.64. The lowest BCUT2D eigenvalue weighted by molar-refractivity contribution is 0.584. The number of aromatic nitrogens is 1. The lowest BCUT2D eigenvalue weighted by Crippen LogP contribution is -2.24. The maximum atomic E-state index is 4.53. The van der Waals surface area contributed by atoms with Crippen LogP contribution < -0.4 is 5.32 Å². The summed E-state index contributed by atoms with van der Waals surface area (Å²) in [5, 5.41) is 3.58. The molecule has 1 aromatic carbocycles. The van der Waals surface area contributed by atoms with Gasteiger partial charge in [-0.1, -0.05) is 36.8 Å². The van der Waals surface area contributed by atoms with Crippen molar-refractivity contribution in [2.24, 2.45) is 0 Å². The number of nitrogens with zero attached hydrogens (tertiary/aromatic N) is 1. The Balaban J connectivity index is 2.38. The van der Waals surface area contributed by atoms with Gasteiger partial charge in [0.2, 0.25) is 0 Å². The van der Waals surface area contributed by atoms with Crippen molar-refractivity contribution in [2.75, 3.05) is 6.54 Å². The first-order chi connectivity index (χ1) is 9.22. The van der Waals surface area contributed by atoms with Crippen molar-refractivity contribution in [2.45, 2.75) is 26.3 Å². The molecule has 0 saturated carbocycles. The largest absolute Gasteiger partial charge is 0.305 e. The van der Waals surface area contributed by atoms with Gasteiger partial charge in [-0.25, -0.2) is 0 Å². The molecule has 1 atom stereocenters. The molecular weight excluding hydrogens is 300 g/mol. The van der Waals surface area contributed by atoms with Crippen LogP contribution in [0.25, 0.3) is 0 Å². The fourth-order valence-electron chi connectivity index (χ4n) is 2.12. The van der Waals surface area contributed by atoms with Gasteiger partial charge in [-0.15, -0.1) is 0 Å². The lowest BCUT2D eigenvalue weighted by Gasteiger charge is -2.20. The van der Waals surface area contributed by atoms with E-state index in [9.17, 15) is 0 Å². The second kappa shape index (κ2) is 6.83. The minimum atomic E-state index is 0.135. The predicted molar refractivity (Wildman–Crippen MR) is 83.3 cm³/mol. The van der Waals surface area contributed by atoms with E-state index < -0.39 is 0 Å². The molecule has 3 heteroatoms. The van der Waals surface area contributed by atoms with E-state index in [1.165, 1.54) is 11.1 Å². The normalized spacial score (nSPS) is 12.4. The number of hydrogen-bond acceptors (Lipinski definition) is 2. The maximum absolute atomic E-state index is 4.53. The molecule has 1 unspecified atom stereocenters.